The maximum absolute atomic E-state index is 13.1. The first-order valence-corrected chi connectivity index (χ1v) is 11.8. The van der Waals surface area contributed by atoms with Gasteiger partial charge in [-0.3, -0.25) is 4.79 Å². The average Bonchev–Trinajstić information content (AvgIpc) is 3.33. The molecule has 4 nitrogen and oxygen atoms in total. The topological polar surface area (TPSA) is 46.9 Å². The standard InChI is InChI=1S/C29H21Cl2N3O/c1-19-7-5-10-23(17-19)34-27(22-15-13-21(14-16-22)20-8-3-2-4-9-20)18-26(33-34)29(35)32-25-12-6-11-24(30)28(25)31/h2-18H,1H3,(H,32,35). The fourth-order valence-corrected chi connectivity index (χ4v) is 4.25. The summed E-state index contributed by atoms with van der Waals surface area (Å²) in [7, 11) is 0. The van der Waals surface area contributed by atoms with Crippen molar-refractivity contribution in [3.05, 3.63) is 124 Å². The Kier molecular flexibility index (Phi) is 6.41. The number of carbonyl (C=O) groups excluding carboxylic acids is 1. The Hall–Kier alpha value is -3.86. The summed E-state index contributed by atoms with van der Waals surface area (Å²) in [6, 6.07) is 33.3. The number of carbonyl (C=O) groups is 1. The smallest absolute Gasteiger partial charge is 0.276 e. The number of amides is 1. The highest BCUT2D eigenvalue weighted by Crippen LogP contribution is 2.31. The molecule has 35 heavy (non-hydrogen) atoms. The molecule has 172 valence electrons. The van der Waals surface area contributed by atoms with Crippen LogP contribution in [0.3, 0.4) is 0 Å². The second-order valence-corrected chi connectivity index (χ2v) is 8.95. The predicted molar refractivity (Wildman–Crippen MR) is 144 cm³/mol. The van der Waals surface area contributed by atoms with E-state index in [4.69, 9.17) is 23.2 Å². The van der Waals surface area contributed by atoms with Crippen molar-refractivity contribution < 1.29 is 4.79 Å². The first-order chi connectivity index (χ1) is 17.0. The third-order valence-corrected chi connectivity index (χ3v) is 6.49. The van der Waals surface area contributed by atoms with Crippen molar-refractivity contribution in [2.75, 3.05) is 5.32 Å². The number of anilines is 1. The van der Waals surface area contributed by atoms with E-state index in [0.29, 0.717) is 10.7 Å². The minimum Gasteiger partial charge on any atom is -0.319 e. The second-order valence-electron chi connectivity index (χ2n) is 8.16. The molecule has 5 aromatic rings. The number of benzene rings is 4. The van der Waals surface area contributed by atoms with Crippen molar-refractivity contribution >= 4 is 34.8 Å². The lowest BCUT2D eigenvalue weighted by Crippen LogP contribution is -2.13. The monoisotopic (exact) mass is 497 g/mol. The molecule has 0 saturated heterocycles. The van der Waals surface area contributed by atoms with Crippen molar-refractivity contribution in [1.82, 2.24) is 9.78 Å². The summed E-state index contributed by atoms with van der Waals surface area (Å²) in [6.45, 7) is 2.02. The van der Waals surface area contributed by atoms with Crippen molar-refractivity contribution in [3.63, 3.8) is 0 Å². The number of hydrogen-bond acceptors (Lipinski definition) is 2. The molecular weight excluding hydrogens is 477 g/mol. The van der Waals surface area contributed by atoms with Crippen LogP contribution >= 0.6 is 23.2 Å². The average molecular weight is 498 g/mol. The summed E-state index contributed by atoms with van der Waals surface area (Å²) in [5.41, 5.74) is 6.67. The van der Waals surface area contributed by atoms with Gasteiger partial charge in [0, 0.05) is 5.56 Å². The van der Waals surface area contributed by atoms with Gasteiger partial charge in [0.1, 0.15) is 0 Å². The van der Waals surface area contributed by atoms with Crippen LogP contribution in [-0.4, -0.2) is 15.7 Å². The molecule has 5 rings (SSSR count). The van der Waals surface area contributed by atoms with Crippen LogP contribution in [-0.2, 0) is 0 Å². The maximum Gasteiger partial charge on any atom is 0.276 e. The van der Waals surface area contributed by atoms with E-state index in [-0.39, 0.29) is 16.6 Å². The van der Waals surface area contributed by atoms with E-state index in [1.807, 2.05) is 61.5 Å². The van der Waals surface area contributed by atoms with Gasteiger partial charge in [0.05, 0.1) is 27.1 Å². The lowest BCUT2D eigenvalue weighted by atomic mass is 10.0. The van der Waals surface area contributed by atoms with Crippen molar-refractivity contribution in [3.8, 4) is 28.1 Å². The maximum atomic E-state index is 13.1. The van der Waals surface area contributed by atoms with Crippen LogP contribution in [0.25, 0.3) is 28.1 Å². The van der Waals surface area contributed by atoms with Crippen LogP contribution in [0.1, 0.15) is 16.1 Å². The summed E-state index contributed by atoms with van der Waals surface area (Å²) in [5.74, 6) is -0.372. The molecule has 1 N–H and O–H groups in total. The zero-order chi connectivity index (χ0) is 24.4. The number of nitrogens with one attached hydrogen (secondary N) is 1. The zero-order valence-corrected chi connectivity index (χ0v) is 20.4. The van der Waals surface area contributed by atoms with Gasteiger partial charge in [-0.15, -0.1) is 0 Å². The number of hydrogen-bond donors (Lipinski definition) is 1. The van der Waals surface area contributed by atoms with Gasteiger partial charge in [0.15, 0.2) is 5.69 Å². The molecule has 0 fully saturated rings. The van der Waals surface area contributed by atoms with E-state index in [1.54, 1.807) is 28.9 Å². The molecular formula is C29H21Cl2N3O. The minimum absolute atomic E-state index is 0.268. The van der Waals surface area contributed by atoms with E-state index in [1.165, 1.54) is 0 Å². The van der Waals surface area contributed by atoms with Gasteiger partial charge in [-0.2, -0.15) is 5.10 Å². The molecule has 0 bridgehead atoms. The highest BCUT2D eigenvalue weighted by Gasteiger charge is 2.18. The summed E-state index contributed by atoms with van der Waals surface area (Å²) in [4.78, 5) is 13.1. The Bertz CT molecular complexity index is 1510. The van der Waals surface area contributed by atoms with E-state index >= 15 is 0 Å². The molecule has 0 radical (unpaired) electrons. The molecule has 1 aromatic heterocycles. The molecule has 0 aliphatic rings. The Morgan fingerprint density at radius 1 is 0.771 bits per heavy atom. The number of rotatable bonds is 5. The molecule has 0 unspecified atom stereocenters. The zero-order valence-electron chi connectivity index (χ0n) is 18.9. The Labute approximate surface area is 213 Å². The van der Waals surface area contributed by atoms with Gasteiger partial charge in [0.25, 0.3) is 5.91 Å². The van der Waals surface area contributed by atoms with Crippen LogP contribution in [0.5, 0.6) is 0 Å². The van der Waals surface area contributed by atoms with Crippen LogP contribution in [0.2, 0.25) is 10.0 Å². The van der Waals surface area contributed by atoms with Crippen molar-refractivity contribution in [2.24, 2.45) is 0 Å². The third kappa shape index (κ3) is 4.85. The van der Waals surface area contributed by atoms with Crippen LogP contribution in [0.4, 0.5) is 5.69 Å². The normalized spacial score (nSPS) is 10.8. The highest BCUT2D eigenvalue weighted by atomic mass is 35.5. The first kappa shape index (κ1) is 22.9. The first-order valence-electron chi connectivity index (χ1n) is 11.1. The van der Waals surface area contributed by atoms with E-state index in [0.717, 1.165) is 33.6 Å². The summed E-state index contributed by atoms with van der Waals surface area (Å²) in [6.07, 6.45) is 0. The molecule has 0 aliphatic heterocycles. The van der Waals surface area contributed by atoms with Crippen molar-refractivity contribution in [1.29, 1.82) is 0 Å². The fraction of sp³-hybridized carbons (Fsp3) is 0.0345. The van der Waals surface area contributed by atoms with E-state index in [9.17, 15) is 4.79 Å². The Balaban J connectivity index is 1.55. The number of aryl methyl sites for hydroxylation is 1. The molecule has 0 saturated carbocycles. The van der Waals surface area contributed by atoms with Crippen molar-refractivity contribution in [2.45, 2.75) is 6.92 Å². The van der Waals surface area contributed by atoms with E-state index in [2.05, 4.69) is 34.7 Å². The van der Waals surface area contributed by atoms with E-state index < -0.39 is 0 Å². The quantitative estimate of drug-likeness (QED) is 0.266. The van der Waals surface area contributed by atoms with Crippen LogP contribution in [0.15, 0.2) is 103 Å². The van der Waals surface area contributed by atoms with Gasteiger partial charge in [-0.25, -0.2) is 4.68 Å². The highest BCUT2D eigenvalue weighted by molar-refractivity contribution is 6.44. The third-order valence-electron chi connectivity index (χ3n) is 5.68. The second kappa shape index (κ2) is 9.79. The predicted octanol–water partition coefficient (Wildman–Crippen LogP) is 8.07. The molecule has 6 heteroatoms. The Morgan fingerprint density at radius 3 is 2.20 bits per heavy atom. The Morgan fingerprint density at radius 2 is 1.46 bits per heavy atom. The van der Waals surface area contributed by atoms with Crippen LogP contribution < -0.4 is 5.32 Å². The van der Waals surface area contributed by atoms with Gasteiger partial charge < -0.3 is 5.32 Å². The number of halogens is 2. The lowest BCUT2D eigenvalue weighted by molar-refractivity contribution is 0.102. The summed E-state index contributed by atoms with van der Waals surface area (Å²) < 4.78 is 1.79. The number of aromatic nitrogens is 2. The fourth-order valence-electron chi connectivity index (χ4n) is 3.90. The van der Waals surface area contributed by atoms with Gasteiger partial charge in [0.2, 0.25) is 0 Å². The van der Waals surface area contributed by atoms with Crippen LogP contribution in [0, 0.1) is 6.92 Å². The molecule has 1 heterocycles. The largest absolute Gasteiger partial charge is 0.319 e. The molecule has 0 atom stereocenters. The van der Waals surface area contributed by atoms with Gasteiger partial charge >= 0.3 is 0 Å². The number of nitrogens with zero attached hydrogens (tertiary/aromatic N) is 2. The van der Waals surface area contributed by atoms with Gasteiger partial charge in [-0.1, -0.05) is 96.0 Å². The molecule has 4 aromatic carbocycles. The summed E-state index contributed by atoms with van der Waals surface area (Å²) >= 11 is 12.4. The minimum atomic E-state index is -0.372. The SMILES string of the molecule is Cc1cccc(-n2nc(C(=O)Nc3cccc(Cl)c3Cl)cc2-c2ccc(-c3ccccc3)cc2)c1. The molecule has 0 aliphatic carbocycles. The molecule has 0 spiro atoms. The lowest BCUT2D eigenvalue weighted by Gasteiger charge is -2.09. The van der Waals surface area contributed by atoms with Gasteiger partial charge in [-0.05, 0) is 53.9 Å². The molecule has 1 amide bonds. The summed E-state index contributed by atoms with van der Waals surface area (Å²) in [5, 5.41) is 8.14.